The molecule has 1 amide bonds. The van der Waals surface area contributed by atoms with Crippen molar-refractivity contribution in [1.82, 2.24) is 25.3 Å². The lowest BCUT2D eigenvalue weighted by atomic mass is 9.77. The number of nitro groups is 1. The van der Waals surface area contributed by atoms with Gasteiger partial charge in [0.05, 0.1) is 41.1 Å². The molecule has 2 aliphatic heterocycles. The topological polar surface area (TPSA) is 330 Å². The third kappa shape index (κ3) is 13.7. The zero-order chi connectivity index (χ0) is 53.3. The Bertz CT molecular complexity index is 2520. The van der Waals surface area contributed by atoms with Crippen LogP contribution < -0.4 is 5.32 Å². The van der Waals surface area contributed by atoms with Gasteiger partial charge in [0.25, 0.3) is 5.69 Å². The zero-order valence-corrected chi connectivity index (χ0v) is 42.1. The van der Waals surface area contributed by atoms with Crippen molar-refractivity contribution < 1.29 is 78.4 Å². The molecule has 0 spiro atoms. The lowest BCUT2D eigenvalue weighted by Crippen LogP contribution is -2.64. The van der Waals surface area contributed by atoms with Gasteiger partial charge in [-0.2, -0.15) is 0 Å². The Labute approximate surface area is 432 Å². The van der Waals surface area contributed by atoms with Gasteiger partial charge in [-0.05, 0) is 87.5 Å². The number of fused-ring (bicyclic) bond motifs is 1. The van der Waals surface area contributed by atoms with E-state index in [1.165, 1.54) is 25.1 Å². The molecular formula is C52H70N6O17. The number of rotatable bonds is 22. The summed E-state index contributed by atoms with van der Waals surface area (Å²) in [6.45, 7) is 3.37. The summed E-state index contributed by atoms with van der Waals surface area (Å²) >= 11 is 0. The van der Waals surface area contributed by atoms with Gasteiger partial charge in [0.1, 0.15) is 36.6 Å². The normalized spacial score (nSPS) is 30.9. The van der Waals surface area contributed by atoms with Gasteiger partial charge in [-0.15, -0.1) is 5.10 Å². The summed E-state index contributed by atoms with van der Waals surface area (Å²) in [5.41, 5.74) is 2.65. The highest BCUT2D eigenvalue weighted by atomic mass is 16.7. The SMILES string of the molecule is CC1CC(C(=O)NCCCc2cn(CCCc3c[nH]c4ccc([N+](=O)[O-])cc34)nn2)CC(O[C@@H]2OC(CO)C(O)C(OC(CC3CCCCC3)C(=O)O)C2OC(=O)c2ccccc2)C1O[C@@H]1OC(C)C(O)C(O)C1O. The number of amides is 1. The fourth-order valence-electron chi connectivity index (χ4n) is 10.9. The number of ether oxygens (including phenoxy) is 6. The van der Waals surface area contributed by atoms with Crippen LogP contribution in [0.3, 0.4) is 0 Å². The maximum atomic E-state index is 14.1. The average Bonchev–Trinajstić information content (AvgIpc) is 4.05. The number of aliphatic hydroxyl groups is 5. The molecule has 23 heteroatoms. The van der Waals surface area contributed by atoms with Gasteiger partial charge in [-0.25, -0.2) is 9.59 Å². The monoisotopic (exact) mass is 1050 g/mol. The molecule has 8 N–H and O–H groups in total. The van der Waals surface area contributed by atoms with Gasteiger partial charge in [0.15, 0.2) is 24.8 Å². The molecule has 0 bridgehead atoms. The average molecular weight is 1050 g/mol. The van der Waals surface area contributed by atoms with Crippen LogP contribution in [0.25, 0.3) is 10.9 Å². The summed E-state index contributed by atoms with van der Waals surface area (Å²) in [5.74, 6) is -3.67. The number of aromatic nitrogens is 4. The van der Waals surface area contributed by atoms with E-state index >= 15 is 0 Å². The Morgan fingerprint density at radius 3 is 2.41 bits per heavy atom. The molecule has 2 saturated heterocycles. The van der Waals surface area contributed by atoms with Crippen molar-refractivity contribution in [2.75, 3.05) is 13.2 Å². The first kappa shape index (κ1) is 55.8. The predicted molar refractivity (Wildman–Crippen MR) is 264 cm³/mol. The molecule has 0 radical (unpaired) electrons. The van der Waals surface area contributed by atoms with Crippen LogP contribution in [0, 0.1) is 27.9 Å². The van der Waals surface area contributed by atoms with Crippen LogP contribution in [-0.2, 0) is 57.4 Å². The molecule has 75 heavy (non-hydrogen) atoms. The number of nitrogens with one attached hydrogen (secondary N) is 2. The maximum absolute atomic E-state index is 14.1. The Morgan fingerprint density at radius 2 is 1.68 bits per heavy atom. The summed E-state index contributed by atoms with van der Waals surface area (Å²) in [7, 11) is 0. The number of carbonyl (C=O) groups is 3. The van der Waals surface area contributed by atoms with E-state index in [0.29, 0.717) is 32.2 Å². The van der Waals surface area contributed by atoms with Crippen LogP contribution in [0.1, 0.15) is 99.7 Å². The number of aliphatic hydroxyl groups excluding tert-OH is 5. The minimum Gasteiger partial charge on any atom is -0.479 e. The second-order valence-electron chi connectivity index (χ2n) is 20.5. The molecule has 23 nitrogen and oxygen atoms in total. The maximum Gasteiger partial charge on any atom is 0.338 e. The fraction of sp³-hybridized carbons (Fsp3) is 0.635. The van der Waals surface area contributed by atoms with E-state index in [2.05, 4.69) is 20.6 Å². The molecular weight excluding hydrogens is 981 g/mol. The summed E-state index contributed by atoms with van der Waals surface area (Å²) in [6.07, 6.45) is -7.88. The van der Waals surface area contributed by atoms with Gasteiger partial charge in [0, 0.05) is 54.4 Å². The van der Waals surface area contributed by atoms with Crippen molar-refractivity contribution in [3.8, 4) is 0 Å². The van der Waals surface area contributed by atoms with Crippen molar-refractivity contribution in [3.63, 3.8) is 0 Å². The molecule has 4 fully saturated rings. The van der Waals surface area contributed by atoms with E-state index in [4.69, 9.17) is 28.4 Å². The lowest BCUT2D eigenvalue weighted by Gasteiger charge is -2.48. The van der Waals surface area contributed by atoms with Crippen LogP contribution >= 0.6 is 0 Å². The van der Waals surface area contributed by atoms with Gasteiger partial charge in [-0.1, -0.05) is 62.4 Å². The minimum atomic E-state index is -1.71. The first-order valence-electron chi connectivity index (χ1n) is 26.1. The molecule has 410 valence electrons. The number of benzene rings is 2. The number of esters is 1. The molecule has 4 heterocycles. The molecule has 15 atom stereocenters. The molecule has 2 aromatic carbocycles. The Morgan fingerprint density at radius 1 is 0.907 bits per heavy atom. The van der Waals surface area contributed by atoms with Crippen molar-refractivity contribution in [1.29, 1.82) is 0 Å². The number of hydrogen-bond donors (Lipinski definition) is 8. The number of aliphatic carboxylic acids is 1. The highest BCUT2D eigenvalue weighted by Gasteiger charge is 2.54. The number of nitrogens with zero attached hydrogens (tertiary/aromatic N) is 4. The predicted octanol–water partition coefficient (Wildman–Crippen LogP) is 3.11. The summed E-state index contributed by atoms with van der Waals surface area (Å²) in [4.78, 5) is 54.9. The van der Waals surface area contributed by atoms with Crippen LogP contribution in [-0.4, -0.2) is 166 Å². The van der Waals surface area contributed by atoms with Crippen molar-refractivity contribution in [2.45, 2.75) is 177 Å². The lowest BCUT2D eigenvalue weighted by molar-refractivity contribution is -0.384. The number of carboxylic acids is 1. The molecule has 2 aromatic heterocycles. The van der Waals surface area contributed by atoms with Crippen LogP contribution in [0.5, 0.6) is 0 Å². The van der Waals surface area contributed by atoms with E-state index in [0.717, 1.165) is 54.3 Å². The number of H-pyrrole nitrogens is 1. The van der Waals surface area contributed by atoms with Crippen LogP contribution in [0.2, 0.25) is 0 Å². The highest BCUT2D eigenvalue weighted by Crippen LogP contribution is 2.39. The number of carbonyl (C=O) groups excluding carboxylic acids is 2. The first-order chi connectivity index (χ1) is 36.1. The van der Waals surface area contributed by atoms with E-state index in [1.807, 2.05) is 12.4 Å². The summed E-state index contributed by atoms with van der Waals surface area (Å²) in [5, 5.41) is 88.7. The second kappa shape index (κ2) is 25.6. The quantitative estimate of drug-likeness (QED) is 0.0243. The van der Waals surface area contributed by atoms with Crippen molar-refractivity contribution in [2.24, 2.45) is 17.8 Å². The van der Waals surface area contributed by atoms with E-state index in [-0.39, 0.29) is 48.9 Å². The van der Waals surface area contributed by atoms with E-state index in [1.54, 1.807) is 41.9 Å². The Balaban J connectivity index is 0.962. The standard InChI is InChI=1S/C52H70N6O17/c1-28-21-33(48(64)53-19-9-16-34-26-57(56-55-34)20-10-15-32-25-54-37-18-17-35(58(68)69)24-36(32)37)23-38(45(28)75-51-44(63)43(62)41(60)29(2)70-51)72-52-47(74-50(67)31-13-7-4-8-14-31)46(42(61)40(27-59)73-52)71-39(49(65)66)22-30-11-5-3-6-12-30/h4,7-8,13-14,17-18,24-26,28-30,33,38-47,51-52,54,59-63H,3,5-6,9-12,15-16,19-23,27H2,1-2H3,(H,53,64)(H,65,66)/t28?,29?,33?,38?,39?,40?,41?,42?,43?,44?,45?,46?,47?,51-,52+/m0/s1. The number of non-ortho nitro benzene ring substituents is 1. The minimum absolute atomic E-state index is 0.0267. The number of nitro benzene ring substituents is 1. The van der Waals surface area contributed by atoms with Gasteiger partial charge >= 0.3 is 11.9 Å². The molecule has 8 rings (SSSR count). The van der Waals surface area contributed by atoms with Crippen LogP contribution in [0.4, 0.5) is 5.69 Å². The number of aryl methyl sites for hydroxylation is 3. The third-order valence-corrected chi connectivity index (χ3v) is 15.1. The van der Waals surface area contributed by atoms with E-state index in [9.17, 15) is 55.1 Å². The fourth-order valence-corrected chi connectivity index (χ4v) is 10.9. The smallest absolute Gasteiger partial charge is 0.338 e. The molecule has 13 unspecified atom stereocenters. The molecule has 4 aliphatic rings. The van der Waals surface area contributed by atoms with Gasteiger partial charge < -0.3 is 69.4 Å². The van der Waals surface area contributed by atoms with Crippen molar-refractivity contribution in [3.05, 3.63) is 87.9 Å². The first-order valence-corrected chi connectivity index (χ1v) is 26.1. The van der Waals surface area contributed by atoms with E-state index < -0.39 is 115 Å². The van der Waals surface area contributed by atoms with Crippen molar-refractivity contribution >= 4 is 34.4 Å². The molecule has 2 aliphatic carbocycles. The molecule has 4 aromatic rings. The largest absolute Gasteiger partial charge is 0.479 e. The van der Waals surface area contributed by atoms with Gasteiger partial charge in [-0.3, -0.25) is 19.6 Å². The second-order valence-corrected chi connectivity index (χ2v) is 20.5. The summed E-state index contributed by atoms with van der Waals surface area (Å²) < 4.78 is 39.2. The number of carboxylic acid groups (broad SMARTS) is 1. The zero-order valence-electron chi connectivity index (χ0n) is 42.1. The summed E-state index contributed by atoms with van der Waals surface area (Å²) in [6, 6.07) is 12.7. The van der Waals surface area contributed by atoms with Crippen LogP contribution in [0.15, 0.2) is 60.9 Å². The Hall–Kier alpha value is -5.47. The number of hydrogen-bond acceptors (Lipinski definition) is 18. The van der Waals surface area contributed by atoms with Gasteiger partial charge in [0.2, 0.25) is 5.91 Å². The third-order valence-electron chi connectivity index (χ3n) is 15.1. The molecule has 2 saturated carbocycles. The Kier molecular flexibility index (Phi) is 19.0. The highest BCUT2D eigenvalue weighted by molar-refractivity contribution is 5.89. The number of aromatic amines is 1.